The molecule has 43 heavy (non-hydrogen) atoms. The predicted molar refractivity (Wildman–Crippen MR) is 153 cm³/mol. The molecule has 0 aliphatic carbocycles. The van der Waals surface area contributed by atoms with E-state index in [-0.39, 0.29) is 48.0 Å². The van der Waals surface area contributed by atoms with Crippen LogP contribution in [0.1, 0.15) is 60.4 Å². The summed E-state index contributed by atoms with van der Waals surface area (Å²) in [6, 6.07) is 7.08. The largest absolute Gasteiger partial charge is 0.469 e. The molecule has 13 heteroatoms. The van der Waals surface area contributed by atoms with Gasteiger partial charge < -0.3 is 25.3 Å². The number of rotatable bonds is 4. The Balaban J connectivity index is 1.51. The Kier molecular flexibility index (Phi) is 8.73. The normalized spacial score (nSPS) is 19.5. The van der Waals surface area contributed by atoms with Crippen LogP contribution in [0.5, 0.6) is 0 Å². The Morgan fingerprint density at radius 3 is 2.79 bits per heavy atom. The third-order valence-corrected chi connectivity index (χ3v) is 7.72. The third-order valence-electron chi connectivity index (χ3n) is 7.43. The van der Waals surface area contributed by atoms with Crippen LogP contribution in [0.15, 0.2) is 42.5 Å². The second kappa shape index (κ2) is 12.6. The van der Waals surface area contributed by atoms with E-state index in [0.717, 1.165) is 12.1 Å². The number of methoxy groups -OCH3 is 1. The highest BCUT2D eigenvalue weighted by Crippen LogP contribution is 2.36. The van der Waals surface area contributed by atoms with Crippen LogP contribution in [0.3, 0.4) is 0 Å². The maximum atomic E-state index is 14.7. The van der Waals surface area contributed by atoms with E-state index < -0.39 is 35.7 Å². The van der Waals surface area contributed by atoms with Crippen LogP contribution >= 0.6 is 11.6 Å². The summed E-state index contributed by atoms with van der Waals surface area (Å²) >= 11 is 5.87. The predicted octanol–water partition coefficient (Wildman–Crippen LogP) is 5.47. The zero-order valence-corrected chi connectivity index (χ0v) is 23.8. The van der Waals surface area contributed by atoms with Crippen LogP contribution < -0.4 is 10.6 Å². The lowest BCUT2D eigenvalue weighted by Crippen LogP contribution is -2.49. The van der Waals surface area contributed by atoms with Gasteiger partial charge in [0.05, 0.1) is 42.0 Å². The number of imidazole rings is 1. The fourth-order valence-electron chi connectivity index (χ4n) is 5.29. The number of allylic oxidation sites excluding steroid dienone is 1. The molecular weight excluding hydrogens is 582 g/mol. The number of benzene rings is 2. The first kappa shape index (κ1) is 29.7. The van der Waals surface area contributed by atoms with Crippen molar-refractivity contribution < 1.29 is 27.9 Å². The maximum absolute atomic E-state index is 14.7. The molecule has 3 N–H and O–H groups in total. The van der Waals surface area contributed by atoms with E-state index in [1.807, 2.05) is 12.2 Å². The van der Waals surface area contributed by atoms with Crippen molar-refractivity contribution in [2.24, 2.45) is 0 Å². The topological polar surface area (TPSA) is 140 Å². The van der Waals surface area contributed by atoms with Crippen molar-refractivity contribution in [3.05, 3.63) is 81.8 Å². The highest BCUT2D eigenvalue weighted by atomic mass is 35.5. The Hall–Kier alpha value is -4.76. The van der Waals surface area contributed by atoms with Gasteiger partial charge in [0.1, 0.15) is 23.5 Å². The molecule has 2 bridgehead atoms. The number of nitrogens with one attached hydrogen (secondary N) is 3. The average molecular weight is 609 g/mol. The zero-order chi connectivity index (χ0) is 30.7. The van der Waals surface area contributed by atoms with Gasteiger partial charge in [0.2, 0.25) is 5.91 Å². The summed E-state index contributed by atoms with van der Waals surface area (Å²) in [6.07, 6.45) is 4.69. The maximum Gasteiger partial charge on any atom is 0.318 e. The van der Waals surface area contributed by atoms with E-state index in [0.29, 0.717) is 41.2 Å². The molecule has 0 unspecified atom stereocenters. The molecule has 2 aliphatic heterocycles. The molecule has 3 heterocycles. The van der Waals surface area contributed by atoms with Crippen LogP contribution in [0, 0.1) is 23.0 Å². The van der Waals surface area contributed by atoms with Gasteiger partial charge in [-0.1, -0.05) is 35.9 Å². The minimum absolute atomic E-state index is 0.0160. The van der Waals surface area contributed by atoms with Gasteiger partial charge in [-0.3, -0.25) is 9.59 Å². The summed E-state index contributed by atoms with van der Waals surface area (Å²) < 4.78 is 34.0. The van der Waals surface area contributed by atoms with E-state index >= 15 is 0 Å². The van der Waals surface area contributed by atoms with Crippen molar-refractivity contribution in [2.75, 3.05) is 19.0 Å². The van der Waals surface area contributed by atoms with E-state index in [4.69, 9.17) is 16.3 Å². The number of carbonyl (C=O) groups excluding carboxylic acids is 3. The smallest absolute Gasteiger partial charge is 0.318 e. The van der Waals surface area contributed by atoms with Crippen LogP contribution in [0.4, 0.5) is 19.3 Å². The quantitative estimate of drug-likeness (QED) is 0.204. The van der Waals surface area contributed by atoms with Crippen molar-refractivity contribution in [1.29, 1.82) is 5.26 Å². The summed E-state index contributed by atoms with van der Waals surface area (Å²) in [5.41, 5.74) is 1.50. The van der Waals surface area contributed by atoms with Gasteiger partial charge >= 0.3 is 12.0 Å². The van der Waals surface area contributed by atoms with Gasteiger partial charge in [-0.05, 0) is 43.0 Å². The minimum atomic E-state index is -0.933. The molecule has 2 aliphatic rings. The van der Waals surface area contributed by atoms with Crippen molar-refractivity contribution in [3.8, 4) is 17.3 Å². The summed E-state index contributed by atoms with van der Waals surface area (Å²) in [4.78, 5) is 47.2. The van der Waals surface area contributed by atoms with Crippen LogP contribution in [0.25, 0.3) is 11.3 Å². The number of hydrogen-bond donors (Lipinski definition) is 3. The molecule has 222 valence electrons. The second-order valence-corrected chi connectivity index (χ2v) is 10.5. The molecule has 1 saturated heterocycles. The fourth-order valence-corrected chi connectivity index (χ4v) is 5.46. The Labute approximate surface area is 250 Å². The number of ether oxygens (including phenoxy) is 1. The third kappa shape index (κ3) is 6.22. The van der Waals surface area contributed by atoms with Crippen LogP contribution in [0.2, 0.25) is 5.02 Å². The highest BCUT2D eigenvalue weighted by molar-refractivity contribution is 6.30. The molecule has 0 radical (unpaired) electrons. The summed E-state index contributed by atoms with van der Waals surface area (Å²) in [6.45, 7) is 0.131. The van der Waals surface area contributed by atoms with Gasteiger partial charge in [0.25, 0.3) is 0 Å². The summed E-state index contributed by atoms with van der Waals surface area (Å²) in [5, 5.41) is 15.3. The Morgan fingerprint density at radius 1 is 1.23 bits per heavy atom. The van der Waals surface area contributed by atoms with E-state index in [1.54, 1.807) is 18.2 Å². The Morgan fingerprint density at radius 2 is 2.05 bits per heavy atom. The first-order valence-electron chi connectivity index (χ1n) is 13.6. The standard InChI is InChI=1S/C30H27ClF2N6O4/c1-43-25(41)14-16-7-8-17-21(13-16)35-24(40)6-4-2-3-5-23(29-36-22(15-34)28(17)38-29)39-12-11-20(37-30(39)42)26-19(32)10-9-18(31)27(26)33/h2-3,7-10,13,20,23H,4-6,11-12,14H2,1H3,(H,35,40)(H,36,38)(H,37,42)/b3-2+/t20-,23+/m1/s1. The SMILES string of the molecule is COC(=O)Cc1ccc2c(c1)NC(=O)CC/C=C/C[C@H](N1CC[C@H](c3c(F)ccc(Cl)c3F)NC1=O)c1nc(C#N)c-2[nH]1. The van der Waals surface area contributed by atoms with E-state index in [9.17, 15) is 28.4 Å². The van der Waals surface area contributed by atoms with Crippen molar-refractivity contribution in [3.63, 3.8) is 0 Å². The summed E-state index contributed by atoms with van der Waals surface area (Å²) in [5.74, 6) is -2.13. The number of aromatic nitrogens is 2. The van der Waals surface area contributed by atoms with Crippen molar-refractivity contribution in [2.45, 2.75) is 44.2 Å². The average Bonchev–Trinajstić information content (AvgIpc) is 3.41. The van der Waals surface area contributed by atoms with Crippen LogP contribution in [-0.2, 0) is 20.7 Å². The number of anilines is 1. The number of hydrogen-bond acceptors (Lipinski definition) is 6. The summed E-state index contributed by atoms with van der Waals surface area (Å²) in [7, 11) is 1.28. The number of halogens is 3. The molecule has 3 amide bonds. The number of urea groups is 1. The van der Waals surface area contributed by atoms with Gasteiger partial charge in [0, 0.05) is 24.1 Å². The molecule has 5 rings (SSSR count). The molecule has 0 saturated carbocycles. The lowest BCUT2D eigenvalue weighted by Gasteiger charge is -2.37. The number of esters is 1. The van der Waals surface area contributed by atoms with Gasteiger partial charge in [0.15, 0.2) is 5.69 Å². The molecule has 3 aromatic rings. The first-order valence-corrected chi connectivity index (χ1v) is 13.9. The number of nitrogens with zero attached hydrogens (tertiary/aromatic N) is 3. The number of carbonyl (C=O) groups is 3. The number of nitriles is 1. The molecule has 2 aromatic carbocycles. The van der Waals surface area contributed by atoms with E-state index in [1.165, 1.54) is 12.0 Å². The number of aromatic amines is 1. The van der Waals surface area contributed by atoms with Crippen molar-refractivity contribution in [1.82, 2.24) is 20.2 Å². The molecule has 0 spiro atoms. The highest BCUT2D eigenvalue weighted by Gasteiger charge is 2.36. The number of H-pyrrole nitrogens is 1. The van der Waals surface area contributed by atoms with Crippen LogP contribution in [-0.4, -0.2) is 46.4 Å². The fraction of sp³-hybridized carbons (Fsp3) is 0.300. The zero-order valence-electron chi connectivity index (χ0n) is 23.0. The van der Waals surface area contributed by atoms with Gasteiger partial charge in [-0.15, -0.1) is 0 Å². The van der Waals surface area contributed by atoms with E-state index in [2.05, 4.69) is 26.7 Å². The molecule has 10 nitrogen and oxygen atoms in total. The number of amides is 3. The molecule has 1 fully saturated rings. The Bertz CT molecular complexity index is 1670. The van der Waals surface area contributed by atoms with Gasteiger partial charge in [-0.2, -0.15) is 5.26 Å². The second-order valence-electron chi connectivity index (χ2n) is 10.1. The lowest BCUT2D eigenvalue weighted by molar-refractivity contribution is -0.139. The molecule has 2 atom stereocenters. The first-order chi connectivity index (χ1) is 20.7. The minimum Gasteiger partial charge on any atom is -0.469 e. The lowest BCUT2D eigenvalue weighted by atomic mass is 9.99. The van der Waals surface area contributed by atoms with Gasteiger partial charge in [-0.25, -0.2) is 18.6 Å². The monoisotopic (exact) mass is 608 g/mol. The molecular formula is C30H27ClF2N6O4. The molecule has 1 aromatic heterocycles. The van der Waals surface area contributed by atoms with Crippen molar-refractivity contribution >= 4 is 35.2 Å². The number of fused-ring (bicyclic) bond motifs is 4.